The largest absolute Gasteiger partial charge is 0.468 e. The van der Waals surface area contributed by atoms with E-state index in [1.165, 1.54) is 7.11 Å². The zero-order chi connectivity index (χ0) is 17.6. The summed E-state index contributed by atoms with van der Waals surface area (Å²) < 4.78 is 4.81. The lowest BCUT2D eigenvalue weighted by atomic mass is 9.63. The number of ketones is 2. The lowest BCUT2D eigenvalue weighted by Crippen LogP contribution is -2.52. The maximum absolute atomic E-state index is 12.9. The number of unbranched alkanes of at least 4 members (excludes halogenated alkanes) is 1. The number of ether oxygens (including phenoxy) is 1. The van der Waals surface area contributed by atoms with E-state index in [-0.39, 0.29) is 18.0 Å². The van der Waals surface area contributed by atoms with Crippen LogP contribution in [0.3, 0.4) is 0 Å². The Bertz CT molecular complexity index is 493. The van der Waals surface area contributed by atoms with Gasteiger partial charge in [0.1, 0.15) is 17.6 Å². The highest BCUT2D eigenvalue weighted by Crippen LogP contribution is 2.40. The van der Waals surface area contributed by atoms with E-state index in [0.29, 0.717) is 18.7 Å². The lowest BCUT2D eigenvalue weighted by Gasteiger charge is -2.38. The Hall–Kier alpha value is -1.52. The number of carbonyl (C=O) groups is 3. The van der Waals surface area contributed by atoms with E-state index in [1.54, 1.807) is 13.8 Å². The molecule has 130 valence electrons. The van der Waals surface area contributed by atoms with Crippen molar-refractivity contribution in [2.75, 3.05) is 13.7 Å². The highest BCUT2D eigenvalue weighted by molar-refractivity contribution is 6.26. The van der Waals surface area contributed by atoms with E-state index in [4.69, 9.17) is 4.74 Å². The summed E-state index contributed by atoms with van der Waals surface area (Å²) in [6.45, 7) is 8.23. The summed E-state index contributed by atoms with van der Waals surface area (Å²) in [5.74, 6) is -2.79. The minimum Gasteiger partial charge on any atom is -0.468 e. The monoisotopic (exact) mass is 323 g/mol. The molecule has 1 aliphatic rings. The van der Waals surface area contributed by atoms with Crippen LogP contribution >= 0.6 is 0 Å². The SMILES string of the molecule is CCCCN=C(CCC)C1C(=O)CC(C)(C)[C@H](C(=O)OC)C1=O. The topological polar surface area (TPSA) is 72.8 Å². The van der Waals surface area contributed by atoms with E-state index < -0.39 is 23.2 Å². The van der Waals surface area contributed by atoms with Crippen LogP contribution in [0.4, 0.5) is 0 Å². The highest BCUT2D eigenvalue weighted by Gasteiger charge is 2.52. The number of hydrogen-bond donors (Lipinski definition) is 0. The summed E-state index contributed by atoms with van der Waals surface area (Å²) in [4.78, 5) is 42.1. The maximum Gasteiger partial charge on any atom is 0.316 e. The number of esters is 1. The molecule has 0 spiro atoms. The van der Waals surface area contributed by atoms with Crippen molar-refractivity contribution in [2.45, 2.75) is 59.8 Å². The Labute approximate surface area is 138 Å². The van der Waals surface area contributed by atoms with Gasteiger partial charge >= 0.3 is 5.97 Å². The van der Waals surface area contributed by atoms with E-state index in [1.807, 2.05) is 6.92 Å². The van der Waals surface area contributed by atoms with Crippen LogP contribution in [0, 0.1) is 17.3 Å². The Morgan fingerprint density at radius 3 is 2.43 bits per heavy atom. The van der Waals surface area contributed by atoms with Gasteiger partial charge in [0.05, 0.1) is 7.11 Å². The standard InChI is InChI=1S/C18H29NO4/c1-6-8-10-19-12(9-7-2)14-13(20)11-18(3,4)15(16(14)21)17(22)23-5/h14-15H,6-11H2,1-5H3/t14?,15-/m0/s1. The first-order valence-corrected chi connectivity index (χ1v) is 8.47. The summed E-state index contributed by atoms with van der Waals surface area (Å²) in [6.07, 6.45) is 3.55. The minimum atomic E-state index is -0.900. The van der Waals surface area contributed by atoms with Crippen molar-refractivity contribution >= 4 is 23.2 Å². The molecule has 0 saturated heterocycles. The van der Waals surface area contributed by atoms with Crippen molar-refractivity contribution in [1.82, 2.24) is 0 Å². The third kappa shape index (κ3) is 4.49. The second-order valence-corrected chi connectivity index (χ2v) is 6.90. The van der Waals surface area contributed by atoms with E-state index in [0.717, 1.165) is 19.3 Å². The van der Waals surface area contributed by atoms with E-state index >= 15 is 0 Å². The van der Waals surface area contributed by atoms with Crippen molar-refractivity contribution in [3.8, 4) is 0 Å². The van der Waals surface area contributed by atoms with Crippen LogP contribution in [0.1, 0.15) is 59.8 Å². The predicted octanol–water partition coefficient (Wildman–Crippen LogP) is 3.00. The second kappa shape index (κ2) is 8.37. The maximum atomic E-state index is 12.9. The fraction of sp³-hybridized carbons (Fsp3) is 0.778. The van der Waals surface area contributed by atoms with Crippen molar-refractivity contribution in [3.63, 3.8) is 0 Å². The first kappa shape index (κ1) is 19.5. The number of methoxy groups -OCH3 is 1. The molecule has 1 aliphatic carbocycles. The molecule has 5 nitrogen and oxygen atoms in total. The Morgan fingerprint density at radius 1 is 1.26 bits per heavy atom. The molecule has 5 heteroatoms. The molecule has 0 aromatic heterocycles. The summed E-state index contributed by atoms with van der Waals surface area (Å²) in [5.41, 5.74) is -0.0706. The number of nitrogens with zero attached hydrogens (tertiary/aromatic N) is 1. The average Bonchev–Trinajstić information content (AvgIpc) is 2.45. The second-order valence-electron chi connectivity index (χ2n) is 6.90. The molecule has 0 radical (unpaired) electrons. The summed E-state index contributed by atoms with van der Waals surface area (Å²) >= 11 is 0. The van der Waals surface area contributed by atoms with Gasteiger partial charge in [-0.05, 0) is 18.3 Å². The minimum absolute atomic E-state index is 0.121. The predicted molar refractivity (Wildman–Crippen MR) is 89.5 cm³/mol. The van der Waals surface area contributed by atoms with Crippen molar-refractivity contribution in [1.29, 1.82) is 0 Å². The molecule has 2 atom stereocenters. The van der Waals surface area contributed by atoms with Gasteiger partial charge in [0.15, 0.2) is 5.78 Å². The normalized spacial score (nSPS) is 24.7. The van der Waals surface area contributed by atoms with E-state index in [9.17, 15) is 14.4 Å². The van der Waals surface area contributed by atoms with Gasteiger partial charge in [-0.15, -0.1) is 0 Å². The molecular formula is C18H29NO4. The number of aliphatic imine (C=N–C) groups is 1. The van der Waals surface area contributed by atoms with Crippen LogP contribution in [0.2, 0.25) is 0 Å². The Morgan fingerprint density at radius 2 is 1.91 bits per heavy atom. The van der Waals surface area contributed by atoms with Crippen molar-refractivity contribution in [3.05, 3.63) is 0 Å². The van der Waals surface area contributed by atoms with Crippen LogP contribution in [-0.2, 0) is 19.1 Å². The number of hydrogen-bond acceptors (Lipinski definition) is 5. The van der Waals surface area contributed by atoms with Crippen LogP contribution in [0.15, 0.2) is 4.99 Å². The third-order valence-electron chi connectivity index (χ3n) is 4.41. The molecule has 0 aromatic rings. The smallest absolute Gasteiger partial charge is 0.316 e. The van der Waals surface area contributed by atoms with Gasteiger partial charge in [-0.2, -0.15) is 0 Å². The molecule has 0 heterocycles. The molecule has 1 fully saturated rings. The molecule has 0 aliphatic heterocycles. The van der Waals surface area contributed by atoms with Crippen molar-refractivity contribution < 1.29 is 19.1 Å². The summed E-state index contributed by atoms with van der Waals surface area (Å²) in [7, 11) is 1.28. The van der Waals surface area contributed by atoms with Gasteiger partial charge in [0, 0.05) is 18.7 Å². The summed E-state index contributed by atoms with van der Waals surface area (Å²) in [5, 5.41) is 0. The molecule has 0 bridgehead atoms. The Balaban J connectivity index is 3.17. The number of rotatable bonds is 7. The van der Waals surface area contributed by atoms with Gasteiger partial charge in [0.2, 0.25) is 0 Å². The fourth-order valence-electron chi connectivity index (χ4n) is 3.22. The zero-order valence-electron chi connectivity index (χ0n) is 15.0. The van der Waals surface area contributed by atoms with E-state index in [2.05, 4.69) is 11.9 Å². The number of Topliss-reactive ketones (excluding diaryl/α,β-unsaturated/α-hetero) is 2. The molecule has 1 rings (SSSR count). The van der Waals surface area contributed by atoms with Crippen molar-refractivity contribution in [2.24, 2.45) is 22.2 Å². The van der Waals surface area contributed by atoms with Gasteiger partial charge in [-0.25, -0.2) is 0 Å². The van der Waals surface area contributed by atoms with Crippen LogP contribution in [-0.4, -0.2) is 36.9 Å². The number of carbonyl (C=O) groups excluding carboxylic acids is 3. The lowest BCUT2D eigenvalue weighted by molar-refractivity contribution is -0.159. The Kier molecular flexibility index (Phi) is 7.10. The molecule has 0 aromatic carbocycles. The first-order chi connectivity index (χ1) is 10.8. The van der Waals surface area contributed by atoms with Crippen LogP contribution < -0.4 is 0 Å². The first-order valence-electron chi connectivity index (χ1n) is 8.47. The van der Waals surface area contributed by atoms with Gasteiger partial charge in [0.25, 0.3) is 0 Å². The fourth-order valence-corrected chi connectivity index (χ4v) is 3.22. The van der Waals surface area contributed by atoms with Gasteiger partial charge < -0.3 is 4.74 Å². The van der Waals surface area contributed by atoms with Crippen LogP contribution in [0.5, 0.6) is 0 Å². The van der Waals surface area contributed by atoms with Gasteiger partial charge in [-0.3, -0.25) is 19.4 Å². The molecule has 1 saturated carbocycles. The molecule has 0 N–H and O–H groups in total. The molecule has 1 unspecified atom stereocenters. The summed E-state index contributed by atoms with van der Waals surface area (Å²) in [6, 6.07) is 0. The third-order valence-corrected chi connectivity index (χ3v) is 4.41. The molecular weight excluding hydrogens is 294 g/mol. The highest BCUT2D eigenvalue weighted by atomic mass is 16.5. The van der Waals surface area contributed by atoms with Crippen LogP contribution in [0.25, 0.3) is 0 Å². The van der Waals surface area contributed by atoms with Gasteiger partial charge in [-0.1, -0.05) is 40.5 Å². The average molecular weight is 323 g/mol. The molecule has 23 heavy (non-hydrogen) atoms. The zero-order valence-corrected chi connectivity index (χ0v) is 15.0. The quantitative estimate of drug-likeness (QED) is 0.312. The molecule has 0 amide bonds.